The Hall–Kier alpha value is -2.52. The molecule has 160 valence electrons. The Morgan fingerprint density at radius 3 is 2.83 bits per heavy atom. The molecule has 7 nitrogen and oxygen atoms in total. The fourth-order valence-electron chi connectivity index (χ4n) is 2.62. The predicted octanol–water partition coefficient (Wildman–Crippen LogP) is 0.371. The van der Waals surface area contributed by atoms with Crippen molar-refractivity contribution in [3.63, 3.8) is 0 Å². The van der Waals surface area contributed by atoms with Crippen LogP contribution in [0.5, 0.6) is 0 Å². The molecule has 0 aliphatic rings. The van der Waals surface area contributed by atoms with Crippen LogP contribution in [0, 0.1) is 0 Å². The van der Waals surface area contributed by atoms with Gasteiger partial charge in [-0.1, -0.05) is 23.5 Å². The van der Waals surface area contributed by atoms with Crippen molar-refractivity contribution in [3.8, 4) is 0 Å². The summed E-state index contributed by atoms with van der Waals surface area (Å²) in [5.41, 5.74) is 1.53. The fraction of sp³-hybridized carbons (Fsp3) is 0.333. The van der Waals surface area contributed by atoms with Gasteiger partial charge < -0.3 is 32.0 Å². The quantitative estimate of drug-likeness (QED) is 0.226. The number of rotatable bonds is 6. The van der Waals surface area contributed by atoms with E-state index in [0.29, 0.717) is 6.54 Å². The number of pyridine rings is 1. The number of hydrogen-bond donors (Lipinski definition) is 2. The van der Waals surface area contributed by atoms with Crippen LogP contribution >= 0.6 is 11.3 Å². The molecule has 0 spiro atoms. The lowest BCUT2D eigenvalue weighted by molar-refractivity contribution is -0.697. The van der Waals surface area contributed by atoms with Gasteiger partial charge in [-0.05, 0) is 39.0 Å². The first kappa shape index (κ1) is 23.8. The molecule has 0 fully saturated rings. The van der Waals surface area contributed by atoms with E-state index in [0.717, 1.165) is 33.5 Å². The summed E-state index contributed by atoms with van der Waals surface area (Å²) in [7, 11) is 0. The molecule has 0 unspecified atom stereocenters. The van der Waals surface area contributed by atoms with Crippen molar-refractivity contribution in [1.82, 2.24) is 10.3 Å². The monoisotopic (exact) mass is 491 g/mol. The van der Waals surface area contributed by atoms with E-state index >= 15 is 0 Å². The summed E-state index contributed by atoms with van der Waals surface area (Å²) < 4.78 is 8.43. The van der Waals surface area contributed by atoms with Gasteiger partial charge >= 0.3 is 6.09 Å². The number of hydrogen-bond acceptors (Lipinski definition) is 5. The van der Waals surface area contributed by atoms with E-state index in [1.807, 2.05) is 63.5 Å². The number of ether oxygens (including phenoxy) is 1. The zero-order valence-corrected chi connectivity index (χ0v) is 19.7. The van der Waals surface area contributed by atoms with Crippen LogP contribution in [0.15, 0.2) is 59.0 Å². The van der Waals surface area contributed by atoms with Gasteiger partial charge in [0.2, 0.25) is 4.80 Å². The molecule has 0 atom stereocenters. The van der Waals surface area contributed by atoms with Gasteiger partial charge in [-0.15, -0.1) is 5.10 Å². The fourth-order valence-corrected chi connectivity index (χ4v) is 3.45. The number of alkyl carbamates (subject to hydrolysis) is 1. The molecule has 0 radical (unpaired) electrons. The van der Waals surface area contributed by atoms with Crippen LogP contribution in [-0.2, 0) is 11.3 Å². The number of thiazole rings is 1. The second-order valence-electron chi connectivity index (χ2n) is 7.53. The van der Waals surface area contributed by atoms with Gasteiger partial charge in [-0.25, -0.2) is 9.36 Å². The van der Waals surface area contributed by atoms with E-state index in [1.165, 1.54) is 0 Å². The number of fused-ring (bicyclic) bond motifs is 1. The van der Waals surface area contributed by atoms with E-state index < -0.39 is 5.60 Å². The number of carbonyl (C=O) groups is 1. The van der Waals surface area contributed by atoms with E-state index in [-0.39, 0.29) is 23.1 Å². The molecule has 9 heteroatoms. The van der Waals surface area contributed by atoms with Crippen molar-refractivity contribution >= 4 is 33.9 Å². The molecule has 30 heavy (non-hydrogen) atoms. The summed E-state index contributed by atoms with van der Waals surface area (Å²) in [5, 5.41) is 11.2. The predicted molar refractivity (Wildman–Crippen MR) is 115 cm³/mol. The highest BCUT2D eigenvalue weighted by molar-refractivity contribution is 7.16. The second-order valence-corrected chi connectivity index (χ2v) is 8.56. The highest BCUT2D eigenvalue weighted by atomic mass is 79.9. The molecule has 2 heterocycles. The number of carbonyl (C=O) groups excluding carboxylic acids is 1. The number of aromatic amines is 1. The summed E-state index contributed by atoms with van der Waals surface area (Å²) in [6.45, 7) is 6.87. The van der Waals surface area contributed by atoms with Gasteiger partial charge in [-0.3, -0.25) is 0 Å². The molecule has 2 aromatic heterocycles. The second kappa shape index (κ2) is 11.0. The third-order valence-electron chi connectivity index (χ3n) is 3.83. The average Bonchev–Trinajstić information content (AvgIpc) is 3.07. The molecule has 0 saturated heterocycles. The van der Waals surface area contributed by atoms with Crippen LogP contribution in [0.2, 0.25) is 0 Å². The minimum atomic E-state index is -0.481. The van der Waals surface area contributed by atoms with Gasteiger partial charge in [0, 0.05) is 19.0 Å². The lowest BCUT2D eigenvalue weighted by atomic mass is 10.2. The lowest BCUT2D eigenvalue weighted by Gasteiger charge is -2.19. The Labute approximate surface area is 190 Å². The number of nitrogens with zero attached hydrogens (tertiary/aromatic N) is 3. The molecule has 0 aliphatic carbocycles. The van der Waals surface area contributed by atoms with Crippen LogP contribution in [0.1, 0.15) is 32.8 Å². The van der Waals surface area contributed by atoms with E-state index in [9.17, 15) is 4.79 Å². The Balaban J connectivity index is 0.00000320. The molecule has 1 aromatic carbocycles. The van der Waals surface area contributed by atoms with Crippen LogP contribution in [-0.4, -0.2) is 29.4 Å². The van der Waals surface area contributed by atoms with Gasteiger partial charge in [0.05, 0.1) is 22.0 Å². The third-order valence-corrected chi connectivity index (χ3v) is 4.79. The number of benzene rings is 1. The SMILES string of the molecule is CC(C)(C)OC(=O)NCCC[n+]1cccc(/C=N/N=c2/[nH]c3ccccc3s2)c1.[Br-]. The highest BCUT2D eigenvalue weighted by Crippen LogP contribution is 2.12. The highest BCUT2D eigenvalue weighted by Gasteiger charge is 2.15. The minimum Gasteiger partial charge on any atom is -1.00 e. The van der Waals surface area contributed by atoms with Crippen molar-refractivity contribution < 1.29 is 31.1 Å². The lowest BCUT2D eigenvalue weighted by Crippen LogP contribution is -3.00. The van der Waals surface area contributed by atoms with Gasteiger partial charge in [0.15, 0.2) is 12.4 Å². The number of amides is 1. The van der Waals surface area contributed by atoms with Crippen molar-refractivity contribution in [3.05, 3.63) is 59.2 Å². The topological polar surface area (TPSA) is 82.7 Å². The molecule has 0 bridgehead atoms. The Kier molecular flexibility index (Phi) is 8.73. The standard InChI is InChI=1S/C21H25N5O2S.BrH/c1-21(2,3)28-20(27)22-11-7-13-26-12-6-8-16(15-26)14-23-25-19-24-17-9-4-5-10-18(17)29-19;/h4-6,8-10,12,14-15H,7,11,13H2,1-3H3,(H-,22,24,25,27);1H/b23-14+;. The molecule has 0 aliphatic heterocycles. The number of nitrogens with one attached hydrogen (secondary N) is 2. The van der Waals surface area contributed by atoms with Gasteiger partial charge in [0.1, 0.15) is 12.1 Å². The number of H-pyrrole nitrogens is 1. The first-order chi connectivity index (χ1) is 13.9. The van der Waals surface area contributed by atoms with Crippen LogP contribution in [0.4, 0.5) is 4.79 Å². The van der Waals surface area contributed by atoms with Crippen LogP contribution < -0.4 is 31.7 Å². The normalized spacial score (nSPS) is 12.2. The van der Waals surface area contributed by atoms with Crippen molar-refractivity contribution in [2.75, 3.05) is 6.54 Å². The first-order valence-corrected chi connectivity index (χ1v) is 10.3. The van der Waals surface area contributed by atoms with E-state index in [2.05, 4.69) is 31.1 Å². The Morgan fingerprint density at radius 1 is 1.27 bits per heavy atom. The van der Waals surface area contributed by atoms with Gasteiger partial charge in [0.25, 0.3) is 0 Å². The van der Waals surface area contributed by atoms with E-state index in [4.69, 9.17) is 4.74 Å². The summed E-state index contributed by atoms with van der Waals surface area (Å²) in [4.78, 5) is 15.6. The molecule has 2 N–H and O–H groups in total. The molecular formula is C21H26BrN5O2S. The molecule has 3 rings (SSSR count). The van der Waals surface area contributed by atoms with E-state index in [1.54, 1.807) is 17.6 Å². The molecular weight excluding hydrogens is 466 g/mol. The largest absolute Gasteiger partial charge is 1.00 e. The maximum absolute atomic E-state index is 11.6. The van der Waals surface area contributed by atoms with Gasteiger partial charge in [-0.2, -0.15) is 5.10 Å². The number of aryl methyl sites for hydroxylation is 1. The summed E-state index contributed by atoms with van der Waals surface area (Å²) in [5.74, 6) is 0. The number of para-hydroxylation sites is 1. The number of halogens is 1. The van der Waals surface area contributed by atoms with Crippen molar-refractivity contribution in [2.45, 2.75) is 39.3 Å². The maximum Gasteiger partial charge on any atom is 0.407 e. The van der Waals surface area contributed by atoms with Crippen molar-refractivity contribution in [2.24, 2.45) is 10.2 Å². The van der Waals surface area contributed by atoms with Crippen LogP contribution in [0.25, 0.3) is 10.2 Å². The summed E-state index contributed by atoms with van der Waals surface area (Å²) in [6.07, 6.45) is 6.13. The molecule has 1 amide bonds. The summed E-state index contributed by atoms with van der Waals surface area (Å²) >= 11 is 1.57. The Bertz CT molecular complexity index is 1030. The zero-order valence-electron chi connectivity index (χ0n) is 17.3. The number of aromatic nitrogens is 2. The van der Waals surface area contributed by atoms with Crippen molar-refractivity contribution in [1.29, 1.82) is 0 Å². The summed E-state index contributed by atoms with van der Waals surface area (Å²) in [6, 6.07) is 12.0. The Morgan fingerprint density at radius 2 is 2.07 bits per heavy atom. The maximum atomic E-state index is 11.6. The zero-order chi connectivity index (χ0) is 20.7. The average molecular weight is 492 g/mol. The smallest absolute Gasteiger partial charge is 0.407 e. The minimum absolute atomic E-state index is 0. The first-order valence-electron chi connectivity index (χ1n) is 9.50. The third kappa shape index (κ3) is 7.72. The molecule has 3 aromatic rings. The molecule has 0 saturated carbocycles. The van der Waals surface area contributed by atoms with Crippen LogP contribution in [0.3, 0.4) is 0 Å².